The molecule has 374 valence electrons. The molecule has 2 fully saturated rings. The van der Waals surface area contributed by atoms with E-state index < -0.39 is 0 Å². The molecule has 0 aliphatic heterocycles. The van der Waals surface area contributed by atoms with Crippen molar-refractivity contribution in [3.05, 3.63) is 289 Å². The maximum Gasteiger partial charge on any atom is 0.0473 e. The van der Waals surface area contributed by atoms with E-state index in [0.717, 1.165) is 17.1 Å². The van der Waals surface area contributed by atoms with Gasteiger partial charge in [0.2, 0.25) is 0 Å². The van der Waals surface area contributed by atoms with Gasteiger partial charge in [-0.1, -0.05) is 214 Å². The van der Waals surface area contributed by atoms with Crippen molar-refractivity contribution in [3.63, 3.8) is 0 Å². The first kappa shape index (κ1) is 46.3. The van der Waals surface area contributed by atoms with Gasteiger partial charge in [-0.2, -0.15) is 0 Å². The summed E-state index contributed by atoms with van der Waals surface area (Å²) in [5.41, 5.74) is 28.3. The van der Waals surface area contributed by atoms with E-state index in [1.54, 1.807) is 0 Å². The molecule has 2 heteroatoms. The molecule has 2 spiro atoms. The number of anilines is 6. The predicted octanol–water partition coefficient (Wildman–Crippen LogP) is 21.0. The van der Waals surface area contributed by atoms with Gasteiger partial charge in [-0.15, -0.1) is 0 Å². The van der Waals surface area contributed by atoms with Crippen LogP contribution in [0.15, 0.2) is 267 Å². The Labute approximate surface area is 459 Å². The Morgan fingerprint density at radius 2 is 0.500 bits per heavy atom. The van der Waals surface area contributed by atoms with E-state index in [9.17, 15) is 0 Å². The van der Waals surface area contributed by atoms with Crippen molar-refractivity contribution in [2.24, 2.45) is 0 Å². The Morgan fingerprint density at radius 3 is 0.885 bits per heavy atom. The van der Waals surface area contributed by atoms with Gasteiger partial charge in [-0.05, 0) is 194 Å². The second-order valence-corrected chi connectivity index (χ2v) is 22.3. The maximum atomic E-state index is 2.57. The summed E-state index contributed by atoms with van der Waals surface area (Å²) in [7, 11) is 0. The van der Waals surface area contributed by atoms with Crippen LogP contribution < -0.4 is 9.80 Å². The molecule has 2 nitrogen and oxygen atoms in total. The molecule has 0 aromatic heterocycles. The summed E-state index contributed by atoms with van der Waals surface area (Å²) < 4.78 is 0. The Bertz CT molecular complexity index is 3820. The van der Waals surface area contributed by atoms with Gasteiger partial charge >= 0.3 is 0 Å². The molecule has 15 rings (SSSR count). The van der Waals surface area contributed by atoms with Crippen LogP contribution in [-0.2, 0) is 10.8 Å². The summed E-state index contributed by atoms with van der Waals surface area (Å²) in [6, 6.07) is 100. The Balaban J connectivity index is 0.823. The standard InChI is InChI=1S/C76H60N2/c1-4-18-53(19-5-1)56-28-34-61(35-29-56)77(66-49-59(54-20-6-2-7-21-54)48-60(50-66)55-22-8-3-9-23-55)62-36-30-57(31-37-62)58-32-38-63(39-33-58)78(64-40-42-69-67-24-10-12-26-71(67)75(73(69)51-64)44-14-15-45-75)65-41-43-70-68-25-11-13-27-72(68)76(74(70)52-65)46-16-17-47-76/h1-13,18-43,48-52H,14-17,44-47H2. The van der Waals surface area contributed by atoms with Crippen molar-refractivity contribution in [2.75, 3.05) is 9.80 Å². The van der Waals surface area contributed by atoms with Gasteiger partial charge in [-0.3, -0.25) is 0 Å². The summed E-state index contributed by atoms with van der Waals surface area (Å²) in [5.74, 6) is 0. The highest BCUT2D eigenvalue weighted by atomic mass is 15.1. The fourth-order valence-electron chi connectivity index (χ4n) is 14.5. The second kappa shape index (κ2) is 18.9. The van der Waals surface area contributed by atoms with E-state index in [1.165, 1.54) is 157 Å². The van der Waals surface area contributed by atoms with Crippen molar-refractivity contribution in [2.45, 2.75) is 62.2 Å². The van der Waals surface area contributed by atoms with Gasteiger partial charge in [0.1, 0.15) is 0 Å². The van der Waals surface area contributed by atoms with Gasteiger partial charge in [0.15, 0.2) is 0 Å². The summed E-state index contributed by atoms with van der Waals surface area (Å²) in [4.78, 5) is 4.97. The Kier molecular flexibility index (Phi) is 11.2. The van der Waals surface area contributed by atoms with E-state index in [2.05, 4.69) is 277 Å². The highest BCUT2D eigenvalue weighted by Crippen LogP contribution is 2.60. The third kappa shape index (κ3) is 7.68. The van der Waals surface area contributed by atoms with E-state index in [1.807, 2.05) is 0 Å². The third-order valence-electron chi connectivity index (χ3n) is 18.1. The SMILES string of the molecule is c1ccc(-c2ccc(N(c3ccc(-c4ccc(N(c5ccc6c(c5)C5(CCCC5)c5ccccc5-6)c5ccc6c(c5)C5(CCCC5)c5ccccc5-6)cc4)cc3)c3cc(-c4ccccc4)cc(-c4ccccc4)c3)cc2)cc1. The first-order valence-corrected chi connectivity index (χ1v) is 28.3. The molecule has 4 aliphatic carbocycles. The van der Waals surface area contributed by atoms with Crippen LogP contribution in [0, 0.1) is 0 Å². The average molecular weight is 1000 g/mol. The molecular weight excluding hydrogens is 941 g/mol. The van der Waals surface area contributed by atoms with Crippen LogP contribution >= 0.6 is 0 Å². The second-order valence-electron chi connectivity index (χ2n) is 22.3. The average Bonchev–Trinajstić information content (AvgIpc) is 4.45. The summed E-state index contributed by atoms with van der Waals surface area (Å²) >= 11 is 0. The zero-order chi connectivity index (χ0) is 51.6. The van der Waals surface area contributed by atoms with E-state index >= 15 is 0 Å². The minimum Gasteiger partial charge on any atom is -0.310 e. The van der Waals surface area contributed by atoms with Crippen molar-refractivity contribution < 1.29 is 0 Å². The van der Waals surface area contributed by atoms with Crippen molar-refractivity contribution >= 4 is 34.1 Å². The number of hydrogen-bond donors (Lipinski definition) is 0. The van der Waals surface area contributed by atoms with Gasteiger partial charge in [0, 0.05) is 45.0 Å². The van der Waals surface area contributed by atoms with Crippen LogP contribution in [-0.4, -0.2) is 0 Å². The van der Waals surface area contributed by atoms with Gasteiger partial charge in [-0.25, -0.2) is 0 Å². The Hall–Kier alpha value is -8.98. The number of hydrogen-bond acceptors (Lipinski definition) is 2. The van der Waals surface area contributed by atoms with Crippen LogP contribution in [0.3, 0.4) is 0 Å². The highest BCUT2D eigenvalue weighted by Gasteiger charge is 2.47. The number of benzene rings is 11. The van der Waals surface area contributed by atoms with Crippen LogP contribution in [0.5, 0.6) is 0 Å². The molecule has 2 saturated carbocycles. The highest BCUT2D eigenvalue weighted by molar-refractivity contribution is 5.90. The molecule has 0 atom stereocenters. The summed E-state index contributed by atoms with van der Waals surface area (Å²) in [6.07, 6.45) is 9.92. The van der Waals surface area contributed by atoms with Crippen molar-refractivity contribution in [3.8, 4) is 66.8 Å². The molecule has 0 N–H and O–H groups in total. The van der Waals surface area contributed by atoms with Gasteiger partial charge in [0.25, 0.3) is 0 Å². The zero-order valence-electron chi connectivity index (χ0n) is 44.0. The summed E-state index contributed by atoms with van der Waals surface area (Å²) in [6.45, 7) is 0. The molecule has 0 bridgehead atoms. The lowest BCUT2D eigenvalue weighted by molar-refractivity contribution is 0.549. The molecule has 78 heavy (non-hydrogen) atoms. The first-order valence-electron chi connectivity index (χ1n) is 28.3. The largest absolute Gasteiger partial charge is 0.310 e. The molecule has 0 heterocycles. The van der Waals surface area contributed by atoms with E-state index in [-0.39, 0.29) is 10.8 Å². The van der Waals surface area contributed by atoms with Gasteiger partial charge < -0.3 is 9.80 Å². The lowest BCUT2D eigenvalue weighted by Crippen LogP contribution is -2.22. The Morgan fingerprint density at radius 1 is 0.205 bits per heavy atom. The van der Waals surface area contributed by atoms with Crippen molar-refractivity contribution in [1.82, 2.24) is 0 Å². The maximum absolute atomic E-state index is 2.57. The third-order valence-corrected chi connectivity index (χ3v) is 18.1. The fraction of sp³-hybridized carbons (Fsp3) is 0.132. The normalized spacial score (nSPS) is 15.0. The zero-order valence-corrected chi connectivity index (χ0v) is 44.0. The van der Waals surface area contributed by atoms with Crippen LogP contribution in [0.1, 0.15) is 73.6 Å². The van der Waals surface area contributed by atoms with Crippen LogP contribution in [0.2, 0.25) is 0 Å². The van der Waals surface area contributed by atoms with Crippen molar-refractivity contribution in [1.29, 1.82) is 0 Å². The predicted molar refractivity (Wildman–Crippen MR) is 327 cm³/mol. The van der Waals surface area contributed by atoms with E-state index in [4.69, 9.17) is 0 Å². The molecule has 11 aromatic carbocycles. The molecular formula is C76H60N2. The van der Waals surface area contributed by atoms with E-state index in [0.29, 0.717) is 0 Å². The number of nitrogens with zero attached hydrogens (tertiary/aromatic N) is 2. The molecule has 0 unspecified atom stereocenters. The number of fused-ring (bicyclic) bond motifs is 10. The minimum absolute atomic E-state index is 0.0766. The smallest absolute Gasteiger partial charge is 0.0473 e. The minimum atomic E-state index is 0.0766. The lowest BCUT2D eigenvalue weighted by atomic mass is 9.76. The molecule has 0 saturated heterocycles. The lowest BCUT2D eigenvalue weighted by Gasteiger charge is -2.31. The topological polar surface area (TPSA) is 6.48 Å². The van der Waals surface area contributed by atoms with Crippen LogP contribution in [0.25, 0.3) is 66.8 Å². The quantitative estimate of drug-likeness (QED) is 0.135. The monoisotopic (exact) mass is 1000 g/mol. The first-order chi connectivity index (χ1) is 38.6. The summed E-state index contributed by atoms with van der Waals surface area (Å²) in [5, 5.41) is 0. The number of rotatable bonds is 10. The van der Waals surface area contributed by atoms with Crippen LogP contribution in [0.4, 0.5) is 34.1 Å². The van der Waals surface area contributed by atoms with Gasteiger partial charge in [0.05, 0.1) is 0 Å². The molecule has 0 radical (unpaired) electrons. The fourth-order valence-corrected chi connectivity index (χ4v) is 14.5. The molecule has 0 amide bonds. The molecule has 11 aromatic rings. The molecule has 4 aliphatic rings.